The molecule has 1 aromatic heterocycles. The predicted molar refractivity (Wildman–Crippen MR) is 83.0 cm³/mol. The number of aromatic nitrogens is 1. The number of hydrogen-bond donors (Lipinski definition) is 1. The lowest BCUT2D eigenvalue weighted by molar-refractivity contribution is 0.139. The molecule has 0 atom stereocenters. The van der Waals surface area contributed by atoms with Crippen molar-refractivity contribution in [3.8, 4) is 0 Å². The Morgan fingerprint density at radius 3 is 2.85 bits per heavy atom. The van der Waals surface area contributed by atoms with Gasteiger partial charge in [-0.15, -0.1) is 0 Å². The second kappa shape index (κ2) is 5.67. The van der Waals surface area contributed by atoms with E-state index in [2.05, 4.69) is 22.0 Å². The highest BCUT2D eigenvalue weighted by atomic mass is 16.5. The van der Waals surface area contributed by atoms with Crippen LogP contribution in [0.25, 0.3) is 10.9 Å². The Hall–Kier alpha value is -1.81. The van der Waals surface area contributed by atoms with Gasteiger partial charge in [-0.3, -0.25) is 4.98 Å². The molecule has 4 nitrogen and oxygen atoms in total. The first-order valence-corrected chi connectivity index (χ1v) is 7.16. The fraction of sp³-hybridized carbons (Fsp3) is 0.438. The predicted octanol–water partition coefficient (Wildman–Crippen LogP) is 2.68. The molecule has 0 aliphatic carbocycles. The number of ether oxygens (including phenoxy) is 1. The van der Waals surface area contributed by atoms with Gasteiger partial charge < -0.3 is 15.4 Å². The molecule has 0 radical (unpaired) electrons. The third kappa shape index (κ3) is 2.43. The lowest BCUT2D eigenvalue weighted by Crippen LogP contribution is -2.35. The number of nitrogen functional groups attached to an aromatic ring is 1. The molecular weight excluding hydrogens is 250 g/mol. The van der Waals surface area contributed by atoms with E-state index in [9.17, 15) is 0 Å². The number of anilines is 2. The van der Waals surface area contributed by atoms with Crippen molar-refractivity contribution in [2.75, 3.05) is 37.4 Å². The molecule has 4 heteroatoms. The van der Waals surface area contributed by atoms with E-state index in [1.54, 1.807) is 7.11 Å². The molecule has 20 heavy (non-hydrogen) atoms. The van der Waals surface area contributed by atoms with Gasteiger partial charge in [0.15, 0.2) is 0 Å². The zero-order valence-electron chi connectivity index (χ0n) is 11.9. The first-order valence-electron chi connectivity index (χ1n) is 7.16. The maximum atomic E-state index is 6.02. The van der Waals surface area contributed by atoms with Crippen LogP contribution in [0.3, 0.4) is 0 Å². The van der Waals surface area contributed by atoms with E-state index in [4.69, 9.17) is 10.5 Å². The molecule has 1 aromatic carbocycles. The van der Waals surface area contributed by atoms with Crippen LogP contribution in [0.2, 0.25) is 0 Å². The fourth-order valence-corrected chi connectivity index (χ4v) is 3.04. The number of piperidine rings is 1. The van der Waals surface area contributed by atoms with Gasteiger partial charge >= 0.3 is 0 Å². The van der Waals surface area contributed by atoms with Crippen LogP contribution in [-0.2, 0) is 4.74 Å². The summed E-state index contributed by atoms with van der Waals surface area (Å²) in [5.41, 5.74) is 8.92. The summed E-state index contributed by atoms with van der Waals surface area (Å²) in [5.74, 6) is 0.689. The maximum Gasteiger partial charge on any atom is 0.0951 e. The number of rotatable bonds is 3. The summed E-state index contributed by atoms with van der Waals surface area (Å²) in [4.78, 5) is 6.85. The molecule has 1 fully saturated rings. The van der Waals surface area contributed by atoms with Crippen molar-refractivity contribution in [3.05, 3.63) is 30.5 Å². The third-order valence-electron chi connectivity index (χ3n) is 4.14. The van der Waals surface area contributed by atoms with Crippen LogP contribution in [0, 0.1) is 5.92 Å². The van der Waals surface area contributed by atoms with Crippen LogP contribution in [0.1, 0.15) is 12.8 Å². The second-order valence-corrected chi connectivity index (χ2v) is 5.46. The molecule has 1 aliphatic heterocycles. The van der Waals surface area contributed by atoms with Crippen molar-refractivity contribution in [2.45, 2.75) is 12.8 Å². The van der Waals surface area contributed by atoms with Gasteiger partial charge in [0.1, 0.15) is 0 Å². The normalized spacial score (nSPS) is 16.8. The molecule has 2 N–H and O–H groups in total. The van der Waals surface area contributed by atoms with E-state index in [1.807, 2.05) is 18.3 Å². The van der Waals surface area contributed by atoms with E-state index >= 15 is 0 Å². The van der Waals surface area contributed by atoms with Gasteiger partial charge in [0.2, 0.25) is 0 Å². The molecule has 0 unspecified atom stereocenters. The van der Waals surface area contributed by atoms with Gasteiger partial charge in [-0.25, -0.2) is 0 Å². The van der Waals surface area contributed by atoms with Crippen molar-refractivity contribution < 1.29 is 4.74 Å². The molecule has 0 bridgehead atoms. The highest BCUT2D eigenvalue weighted by Gasteiger charge is 2.20. The molecule has 2 aromatic rings. The Bertz CT molecular complexity index is 591. The van der Waals surface area contributed by atoms with Gasteiger partial charge in [0.25, 0.3) is 0 Å². The minimum absolute atomic E-state index is 0.689. The summed E-state index contributed by atoms with van der Waals surface area (Å²) < 4.78 is 5.26. The largest absolute Gasteiger partial charge is 0.397 e. The number of methoxy groups -OCH3 is 1. The lowest BCUT2D eigenvalue weighted by Gasteiger charge is -2.34. The van der Waals surface area contributed by atoms with Crippen LogP contribution < -0.4 is 10.6 Å². The molecule has 2 heterocycles. The summed E-state index contributed by atoms with van der Waals surface area (Å²) in [5, 5.41) is 1.15. The van der Waals surface area contributed by atoms with E-state index < -0.39 is 0 Å². The molecule has 1 aliphatic rings. The van der Waals surface area contributed by atoms with Crippen LogP contribution in [0.4, 0.5) is 11.4 Å². The number of hydrogen-bond acceptors (Lipinski definition) is 4. The van der Waals surface area contributed by atoms with Crippen molar-refractivity contribution in [2.24, 2.45) is 5.92 Å². The standard InChI is InChI=1S/C16H21N3O/c1-20-11-12-6-9-19(10-7-12)15-5-8-18-16-13(15)3-2-4-14(16)17/h2-5,8,12H,6-7,9-11,17H2,1H3. The summed E-state index contributed by atoms with van der Waals surface area (Å²) in [6.45, 7) is 3.02. The van der Waals surface area contributed by atoms with E-state index in [0.29, 0.717) is 5.92 Å². The summed E-state index contributed by atoms with van der Waals surface area (Å²) in [7, 11) is 1.78. The quantitative estimate of drug-likeness (QED) is 0.872. The number of pyridine rings is 1. The molecule has 0 spiro atoms. The third-order valence-corrected chi connectivity index (χ3v) is 4.14. The van der Waals surface area contributed by atoms with E-state index in [-0.39, 0.29) is 0 Å². The minimum Gasteiger partial charge on any atom is -0.397 e. The molecule has 0 amide bonds. The van der Waals surface area contributed by atoms with E-state index in [1.165, 1.54) is 18.5 Å². The monoisotopic (exact) mass is 271 g/mol. The summed E-state index contributed by atoms with van der Waals surface area (Å²) in [6.07, 6.45) is 4.22. The van der Waals surface area contributed by atoms with Crippen molar-refractivity contribution in [3.63, 3.8) is 0 Å². The van der Waals surface area contributed by atoms with Gasteiger partial charge in [0, 0.05) is 44.1 Å². The summed E-state index contributed by atoms with van der Waals surface area (Å²) >= 11 is 0. The first kappa shape index (κ1) is 13.2. The Morgan fingerprint density at radius 2 is 2.10 bits per heavy atom. The number of benzene rings is 1. The molecular formula is C16H21N3O. The van der Waals surface area contributed by atoms with Gasteiger partial charge in [-0.05, 0) is 30.9 Å². The minimum atomic E-state index is 0.689. The maximum absolute atomic E-state index is 6.02. The highest BCUT2D eigenvalue weighted by Crippen LogP contribution is 2.31. The topological polar surface area (TPSA) is 51.4 Å². The SMILES string of the molecule is COCC1CCN(c2ccnc3c(N)cccc23)CC1. The number of nitrogens with zero attached hydrogens (tertiary/aromatic N) is 2. The lowest BCUT2D eigenvalue weighted by atomic mass is 9.97. The number of fused-ring (bicyclic) bond motifs is 1. The van der Waals surface area contributed by atoms with Crippen LogP contribution >= 0.6 is 0 Å². The number of nitrogens with two attached hydrogens (primary N) is 1. The number of para-hydroxylation sites is 1. The highest BCUT2D eigenvalue weighted by molar-refractivity contribution is 5.98. The second-order valence-electron chi connectivity index (χ2n) is 5.46. The molecule has 106 valence electrons. The molecule has 1 saturated heterocycles. The Morgan fingerprint density at radius 1 is 1.30 bits per heavy atom. The van der Waals surface area contributed by atoms with Crippen molar-refractivity contribution in [1.82, 2.24) is 4.98 Å². The average molecular weight is 271 g/mol. The van der Waals surface area contributed by atoms with Crippen LogP contribution in [0.15, 0.2) is 30.5 Å². The van der Waals surface area contributed by atoms with Crippen LogP contribution in [0.5, 0.6) is 0 Å². The smallest absolute Gasteiger partial charge is 0.0951 e. The fourth-order valence-electron chi connectivity index (χ4n) is 3.04. The summed E-state index contributed by atoms with van der Waals surface area (Å²) in [6, 6.07) is 8.11. The van der Waals surface area contributed by atoms with Gasteiger partial charge in [-0.1, -0.05) is 12.1 Å². The Kier molecular flexibility index (Phi) is 3.74. The zero-order chi connectivity index (χ0) is 13.9. The van der Waals surface area contributed by atoms with Gasteiger partial charge in [0.05, 0.1) is 11.2 Å². The average Bonchev–Trinajstić information content (AvgIpc) is 2.48. The first-order chi connectivity index (χ1) is 9.79. The Labute approximate surface area is 119 Å². The molecule has 0 saturated carbocycles. The molecule has 3 rings (SSSR count). The Balaban J connectivity index is 1.86. The van der Waals surface area contributed by atoms with E-state index in [0.717, 1.165) is 36.3 Å². The zero-order valence-corrected chi connectivity index (χ0v) is 11.9. The van der Waals surface area contributed by atoms with Crippen molar-refractivity contribution >= 4 is 22.3 Å². The van der Waals surface area contributed by atoms with Gasteiger partial charge in [-0.2, -0.15) is 0 Å². The van der Waals surface area contributed by atoms with Crippen LogP contribution in [-0.4, -0.2) is 31.8 Å². The van der Waals surface area contributed by atoms with Crippen molar-refractivity contribution in [1.29, 1.82) is 0 Å².